The Morgan fingerprint density at radius 2 is 2.47 bits per heavy atom. The Balaban J connectivity index is 1.87. The number of hydrogen-bond donors (Lipinski definition) is 2. The van der Waals surface area contributed by atoms with Crippen molar-refractivity contribution in [3.8, 4) is 0 Å². The van der Waals surface area contributed by atoms with Gasteiger partial charge in [0.25, 0.3) is 0 Å². The van der Waals surface area contributed by atoms with Crippen LogP contribution in [0.15, 0.2) is 12.3 Å². The molecule has 1 aliphatic rings. The molecule has 0 radical (unpaired) electrons. The molecule has 1 unspecified atom stereocenters. The Morgan fingerprint density at radius 3 is 3.06 bits per heavy atom. The molecular formula is C10H18N4O2S. The first-order valence-corrected chi connectivity index (χ1v) is 7.40. The third-order valence-electron chi connectivity index (χ3n) is 2.98. The number of nitrogens with zero attached hydrogens (tertiary/aromatic N) is 2. The molecule has 0 aliphatic carbocycles. The van der Waals surface area contributed by atoms with Crippen molar-refractivity contribution in [1.29, 1.82) is 0 Å². The Bertz CT molecular complexity index is 462. The third kappa shape index (κ3) is 3.52. The summed E-state index contributed by atoms with van der Waals surface area (Å²) >= 11 is 0. The third-order valence-corrected chi connectivity index (χ3v) is 4.40. The Labute approximate surface area is 101 Å². The molecule has 7 heteroatoms. The first-order chi connectivity index (χ1) is 8.07. The maximum absolute atomic E-state index is 11.8. The van der Waals surface area contributed by atoms with Gasteiger partial charge < -0.3 is 5.32 Å². The Morgan fingerprint density at radius 1 is 1.65 bits per heavy atom. The highest BCUT2D eigenvalue weighted by Crippen LogP contribution is 2.07. The molecule has 0 spiro atoms. The largest absolute Gasteiger partial charge is 0.313 e. The van der Waals surface area contributed by atoms with Crippen LogP contribution in [0.4, 0.5) is 0 Å². The van der Waals surface area contributed by atoms with E-state index < -0.39 is 10.0 Å². The molecule has 2 heterocycles. The topological polar surface area (TPSA) is 76.0 Å². The lowest BCUT2D eigenvalue weighted by atomic mass is 10.3. The highest BCUT2D eigenvalue weighted by Gasteiger charge is 2.21. The summed E-state index contributed by atoms with van der Waals surface area (Å²) in [6.07, 6.45) is 3.65. The van der Waals surface area contributed by atoms with Crippen LogP contribution in [0.5, 0.6) is 0 Å². The average Bonchev–Trinajstić information content (AvgIpc) is 2.87. The van der Waals surface area contributed by atoms with E-state index >= 15 is 0 Å². The van der Waals surface area contributed by atoms with E-state index in [9.17, 15) is 8.42 Å². The molecule has 96 valence electrons. The van der Waals surface area contributed by atoms with Crippen LogP contribution in [0.25, 0.3) is 0 Å². The Hall–Kier alpha value is -0.920. The molecule has 0 amide bonds. The van der Waals surface area contributed by atoms with E-state index in [0.29, 0.717) is 6.54 Å². The van der Waals surface area contributed by atoms with Gasteiger partial charge in [0.15, 0.2) is 0 Å². The Kier molecular flexibility index (Phi) is 3.80. The van der Waals surface area contributed by atoms with E-state index in [-0.39, 0.29) is 11.8 Å². The summed E-state index contributed by atoms with van der Waals surface area (Å²) in [7, 11) is -1.42. The molecule has 0 aromatic carbocycles. The molecule has 1 aromatic rings. The van der Waals surface area contributed by atoms with E-state index in [1.165, 1.54) is 0 Å². The average molecular weight is 258 g/mol. The molecule has 0 bridgehead atoms. The fraction of sp³-hybridized carbons (Fsp3) is 0.700. The second-order valence-electron chi connectivity index (χ2n) is 4.34. The molecule has 1 aromatic heterocycles. The lowest BCUT2D eigenvalue weighted by Gasteiger charge is -2.11. The first-order valence-electron chi connectivity index (χ1n) is 5.74. The molecule has 0 saturated carbocycles. The van der Waals surface area contributed by atoms with Crippen molar-refractivity contribution in [2.75, 3.05) is 12.3 Å². The van der Waals surface area contributed by atoms with Gasteiger partial charge in [0, 0.05) is 19.3 Å². The van der Waals surface area contributed by atoms with E-state index in [2.05, 4.69) is 15.1 Å². The van der Waals surface area contributed by atoms with Crippen LogP contribution in [0.1, 0.15) is 18.5 Å². The second-order valence-corrected chi connectivity index (χ2v) is 6.19. The highest BCUT2D eigenvalue weighted by atomic mass is 32.2. The van der Waals surface area contributed by atoms with Crippen molar-refractivity contribution in [2.45, 2.75) is 25.4 Å². The SMILES string of the molecule is Cn1nccc1CNS(=O)(=O)CC1CCCN1. The minimum absolute atomic E-state index is 0.0963. The molecule has 17 heavy (non-hydrogen) atoms. The zero-order valence-electron chi connectivity index (χ0n) is 9.89. The van der Waals surface area contributed by atoms with Gasteiger partial charge in [-0.05, 0) is 25.5 Å². The van der Waals surface area contributed by atoms with Crippen molar-refractivity contribution in [3.63, 3.8) is 0 Å². The van der Waals surface area contributed by atoms with E-state index in [1.807, 2.05) is 0 Å². The van der Waals surface area contributed by atoms with Crippen LogP contribution in [-0.2, 0) is 23.6 Å². The lowest BCUT2D eigenvalue weighted by molar-refractivity contribution is 0.560. The van der Waals surface area contributed by atoms with Crippen LogP contribution in [0.3, 0.4) is 0 Å². The molecule has 1 saturated heterocycles. The summed E-state index contributed by atoms with van der Waals surface area (Å²) in [6.45, 7) is 1.22. The summed E-state index contributed by atoms with van der Waals surface area (Å²) in [4.78, 5) is 0. The smallest absolute Gasteiger partial charge is 0.213 e. The maximum atomic E-state index is 11.8. The van der Waals surface area contributed by atoms with Gasteiger partial charge in [-0.25, -0.2) is 13.1 Å². The van der Waals surface area contributed by atoms with Gasteiger partial charge >= 0.3 is 0 Å². The maximum Gasteiger partial charge on any atom is 0.213 e. The highest BCUT2D eigenvalue weighted by molar-refractivity contribution is 7.89. The minimum atomic E-state index is -3.21. The minimum Gasteiger partial charge on any atom is -0.313 e. The number of hydrogen-bond acceptors (Lipinski definition) is 4. The van der Waals surface area contributed by atoms with Crippen molar-refractivity contribution in [2.24, 2.45) is 7.05 Å². The fourth-order valence-electron chi connectivity index (χ4n) is 1.98. The van der Waals surface area contributed by atoms with Gasteiger partial charge in [-0.1, -0.05) is 0 Å². The zero-order valence-corrected chi connectivity index (χ0v) is 10.7. The molecule has 1 fully saturated rings. The normalized spacial score (nSPS) is 20.9. The van der Waals surface area contributed by atoms with Gasteiger partial charge in [0.2, 0.25) is 10.0 Å². The number of nitrogens with one attached hydrogen (secondary N) is 2. The summed E-state index contributed by atoms with van der Waals surface area (Å²) in [5.41, 5.74) is 0.855. The molecule has 2 rings (SSSR count). The summed E-state index contributed by atoms with van der Waals surface area (Å²) in [5.74, 6) is 0.158. The van der Waals surface area contributed by atoms with Crippen molar-refractivity contribution in [1.82, 2.24) is 19.8 Å². The van der Waals surface area contributed by atoms with Gasteiger partial charge in [0.1, 0.15) is 0 Å². The number of rotatable bonds is 5. The summed E-state index contributed by atoms with van der Waals surface area (Å²) < 4.78 is 27.9. The number of aryl methyl sites for hydroxylation is 1. The van der Waals surface area contributed by atoms with E-state index in [0.717, 1.165) is 25.1 Å². The van der Waals surface area contributed by atoms with Gasteiger partial charge in [0.05, 0.1) is 18.0 Å². The van der Waals surface area contributed by atoms with Crippen LogP contribution >= 0.6 is 0 Å². The first kappa shape index (κ1) is 12.5. The predicted octanol–water partition coefficient (Wildman–Crippen LogP) is -0.408. The second kappa shape index (κ2) is 5.16. The zero-order chi connectivity index (χ0) is 12.3. The molecule has 2 N–H and O–H groups in total. The summed E-state index contributed by atoms with van der Waals surface area (Å²) in [5, 5.41) is 7.17. The van der Waals surface area contributed by atoms with Crippen LogP contribution < -0.4 is 10.0 Å². The number of aromatic nitrogens is 2. The van der Waals surface area contributed by atoms with Crippen LogP contribution in [-0.4, -0.2) is 36.5 Å². The van der Waals surface area contributed by atoms with E-state index in [4.69, 9.17) is 0 Å². The lowest BCUT2D eigenvalue weighted by Crippen LogP contribution is -2.36. The quantitative estimate of drug-likeness (QED) is 0.753. The summed E-state index contributed by atoms with van der Waals surface area (Å²) in [6, 6.07) is 1.90. The van der Waals surface area contributed by atoms with E-state index in [1.54, 1.807) is 24.0 Å². The van der Waals surface area contributed by atoms with Crippen LogP contribution in [0, 0.1) is 0 Å². The fourth-order valence-corrected chi connectivity index (χ4v) is 3.28. The van der Waals surface area contributed by atoms with Crippen molar-refractivity contribution < 1.29 is 8.42 Å². The molecule has 1 atom stereocenters. The van der Waals surface area contributed by atoms with Gasteiger partial charge in [-0.2, -0.15) is 5.10 Å². The van der Waals surface area contributed by atoms with Crippen molar-refractivity contribution >= 4 is 10.0 Å². The standard InChI is InChI=1S/C10H18N4O2S/c1-14-10(4-6-12-14)7-13-17(15,16)8-9-3-2-5-11-9/h4,6,9,11,13H,2-3,5,7-8H2,1H3. The number of sulfonamides is 1. The monoisotopic (exact) mass is 258 g/mol. The molecule has 1 aliphatic heterocycles. The van der Waals surface area contributed by atoms with Crippen molar-refractivity contribution in [3.05, 3.63) is 18.0 Å². The van der Waals surface area contributed by atoms with Crippen LogP contribution in [0.2, 0.25) is 0 Å². The van der Waals surface area contributed by atoms with Gasteiger partial charge in [-0.3, -0.25) is 4.68 Å². The molecule has 6 nitrogen and oxygen atoms in total. The molecular weight excluding hydrogens is 240 g/mol. The predicted molar refractivity (Wildman–Crippen MR) is 64.9 cm³/mol. The van der Waals surface area contributed by atoms with Gasteiger partial charge in [-0.15, -0.1) is 0 Å².